The molecule has 0 aliphatic carbocycles. The molecule has 1 aliphatic rings. The molecule has 1 heterocycles. The summed E-state index contributed by atoms with van der Waals surface area (Å²) in [5, 5.41) is 2.75. The van der Waals surface area contributed by atoms with Crippen molar-refractivity contribution in [3.05, 3.63) is 29.8 Å². The van der Waals surface area contributed by atoms with Crippen LogP contribution >= 0.6 is 0 Å². The summed E-state index contributed by atoms with van der Waals surface area (Å²) in [4.78, 5) is 25.0. The molecule has 0 aromatic heterocycles. The molecule has 1 aromatic carbocycles. The maximum absolute atomic E-state index is 12.1. The molecule has 1 aliphatic heterocycles. The lowest BCUT2D eigenvalue weighted by Gasteiger charge is -2.19. The van der Waals surface area contributed by atoms with Crippen LogP contribution < -0.4 is 11.1 Å². The Bertz CT molecular complexity index is 442. The van der Waals surface area contributed by atoms with Crippen LogP contribution in [0.2, 0.25) is 0 Å². The van der Waals surface area contributed by atoms with Crippen LogP contribution in [0.1, 0.15) is 12.0 Å². The summed E-state index contributed by atoms with van der Waals surface area (Å²) in [6.45, 7) is 1.62. The molecule has 1 saturated heterocycles. The summed E-state index contributed by atoms with van der Waals surface area (Å²) in [6.07, 6.45) is 0.738. The maximum atomic E-state index is 12.1. The highest BCUT2D eigenvalue weighted by Gasteiger charge is 2.18. The Hall–Kier alpha value is -2.04. The molecule has 3 N–H and O–H groups in total. The SMILES string of the molecule is Nc1ccc(CC(=O)N2CCNC(=O)CC2)cc1. The van der Waals surface area contributed by atoms with Crippen LogP contribution in [0.4, 0.5) is 5.69 Å². The van der Waals surface area contributed by atoms with Crippen LogP contribution in [0, 0.1) is 0 Å². The van der Waals surface area contributed by atoms with Gasteiger partial charge in [0.2, 0.25) is 11.8 Å². The van der Waals surface area contributed by atoms with Gasteiger partial charge in [-0.2, -0.15) is 0 Å². The zero-order chi connectivity index (χ0) is 13.0. The van der Waals surface area contributed by atoms with Crippen LogP contribution in [-0.4, -0.2) is 36.3 Å². The Morgan fingerprint density at radius 1 is 1.28 bits per heavy atom. The first-order valence-corrected chi connectivity index (χ1v) is 6.04. The van der Waals surface area contributed by atoms with Crippen molar-refractivity contribution in [3.63, 3.8) is 0 Å². The van der Waals surface area contributed by atoms with Gasteiger partial charge in [0, 0.05) is 31.7 Å². The van der Waals surface area contributed by atoms with Crippen LogP contribution in [0.15, 0.2) is 24.3 Å². The van der Waals surface area contributed by atoms with E-state index < -0.39 is 0 Å². The van der Waals surface area contributed by atoms with E-state index in [-0.39, 0.29) is 11.8 Å². The third-order valence-electron chi connectivity index (χ3n) is 3.00. The van der Waals surface area contributed by atoms with Gasteiger partial charge in [-0.25, -0.2) is 0 Å². The Morgan fingerprint density at radius 2 is 2.00 bits per heavy atom. The van der Waals surface area contributed by atoms with Gasteiger partial charge < -0.3 is 16.0 Å². The van der Waals surface area contributed by atoms with Crippen molar-refractivity contribution in [2.75, 3.05) is 25.4 Å². The first-order valence-electron chi connectivity index (χ1n) is 6.04. The summed E-state index contributed by atoms with van der Waals surface area (Å²) < 4.78 is 0. The van der Waals surface area contributed by atoms with Gasteiger partial charge in [-0.3, -0.25) is 9.59 Å². The molecule has 0 bridgehead atoms. The Morgan fingerprint density at radius 3 is 2.72 bits per heavy atom. The van der Waals surface area contributed by atoms with E-state index in [1.54, 1.807) is 17.0 Å². The molecule has 18 heavy (non-hydrogen) atoms. The van der Waals surface area contributed by atoms with Gasteiger partial charge in [0.15, 0.2) is 0 Å². The summed E-state index contributed by atoms with van der Waals surface area (Å²) >= 11 is 0. The van der Waals surface area contributed by atoms with E-state index in [1.807, 2.05) is 12.1 Å². The number of benzene rings is 1. The lowest BCUT2D eigenvalue weighted by atomic mass is 10.1. The van der Waals surface area contributed by atoms with Crippen molar-refractivity contribution in [1.29, 1.82) is 0 Å². The van der Waals surface area contributed by atoms with Crippen molar-refractivity contribution >= 4 is 17.5 Å². The van der Waals surface area contributed by atoms with E-state index in [9.17, 15) is 9.59 Å². The number of nitrogens with two attached hydrogens (primary N) is 1. The number of nitrogen functional groups attached to an aromatic ring is 1. The first-order chi connectivity index (χ1) is 8.65. The molecule has 5 heteroatoms. The van der Waals surface area contributed by atoms with E-state index in [1.165, 1.54) is 0 Å². The zero-order valence-corrected chi connectivity index (χ0v) is 10.2. The van der Waals surface area contributed by atoms with Crippen molar-refractivity contribution in [2.45, 2.75) is 12.8 Å². The van der Waals surface area contributed by atoms with Gasteiger partial charge in [-0.1, -0.05) is 12.1 Å². The van der Waals surface area contributed by atoms with Crippen LogP contribution in [0.25, 0.3) is 0 Å². The second-order valence-electron chi connectivity index (χ2n) is 4.40. The highest BCUT2D eigenvalue weighted by Crippen LogP contribution is 2.08. The molecule has 0 spiro atoms. The number of amides is 2. The summed E-state index contributed by atoms with van der Waals surface area (Å²) in [5.41, 5.74) is 7.23. The first kappa shape index (κ1) is 12.4. The smallest absolute Gasteiger partial charge is 0.227 e. The molecule has 0 saturated carbocycles. The number of rotatable bonds is 2. The molecule has 5 nitrogen and oxygen atoms in total. The van der Waals surface area contributed by atoms with Gasteiger partial charge >= 0.3 is 0 Å². The third-order valence-corrected chi connectivity index (χ3v) is 3.00. The van der Waals surface area contributed by atoms with E-state index in [0.29, 0.717) is 38.2 Å². The van der Waals surface area contributed by atoms with Crippen molar-refractivity contribution in [2.24, 2.45) is 0 Å². The molecule has 2 rings (SSSR count). The van der Waals surface area contributed by atoms with Crippen LogP contribution in [0.3, 0.4) is 0 Å². The van der Waals surface area contributed by atoms with Gasteiger partial charge in [0.1, 0.15) is 0 Å². The molecule has 96 valence electrons. The lowest BCUT2D eigenvalue weighted by molar-refractivity contribution is -0.130. The summed E-state index contributed by atoms with van der Waals surface area (Å²) in [6, 6.07) is 7.29. The monoisotopic (exact) mass is 247 g/mol. The molecule has 1 fully saturated rings. The number of carbonyl (C=O) groups is 2. The molecule has 1 aromatic rings. The molecular weight excluding hydrogens is 230 g/mol. The number of nitrogens with one attached hydrogen (secondary N) is 1. The van der Waals surface area contributed by atoms with Gasteiger partial charge in [0.25, 0.3) is 0 Å². The third kappa shape index (κ3) is 3.23. The van der Waals surface area contributed by atoms with Gasteiger partial charge in [0.05, 0.1) is 6.42 Å². The zero-order valence-electron chi connectivity index (χ0n) is 10.2. The van der Waals surface area contributed by atoms with E-state index in [4.69, 9.17) is 5.73 Å². The molecule has 2 amide bonds. The van der Waals surface area contributed by atoms with Crippen molar-refractivity contribution in [1.82, 2.24) is 10.2 Å². The highest BCUT2D eigenvalue weighted by atomic mass is 16.2. The van der Waals surface area contributed by atoms with Gasteiger partial charge in [-0.15, -0.1) is 0 Å². The minimum absolute atomic E-state index is 0.0118. The van der Waals surface area contributed by atoms with E-state index in [2.05, 4.69) is 5.32 Å². The minimum Gasteiger partial charge on any atom is -0.399 e. The second-order valence-corrected chi connectivity index (χ2v) is 4.40. The number of anilines is 1. The Kier molecular flexibility index (Phi) is 3.82. The molecular formula is C13H17N3O2. The standard InChI is InChI=1S/C13H17N3O2/c14-11-3-1-10(2-4-11)9-13(18)16-7-5-12(17)15-6-8-16/h1-4H,5-9,14H2,(H,15,17). The maximum Gasteiger partial charge on any atom is 0.227 e. The molecule has 0 atom stereocenters. The Labute approximate surface area is 106 Å². The largest absolute Gasteiger partial charge is 0.399 e. The number of hydrogen-bond acceptors (Lipinski definition) is 3. The fraction of sp³-hybridized carbons (Fsp3) is 0.385. The predicted octanol–water partition coefficient (Wildman–Crippen LogP) is 0.160. The topological polar surface area (TPSA) is 75.4 Å². The molecule has 0 unspecified atom stereocenters. The minimum atomic E-state index is 0.0118. The summed E-state index contributed by atoms with van der Waals surface area (Å²) in [7, 11) is 0. The quantitative estimate of drug-likeness (QED) is 0.731. The highest BCUT2D eigenvalue weighted by molar-refractivity contribution is 5.81. The number of nitrogens with zero attached hydrogens (tertiary/aromatic N) is 1. The van der Waals surface area contributed by atoms with E-state index >= 15 is 0 Å². The number of carbonyl (C=O) groups excluding carboxylic acids is 2. The predicted molar refractivity (Wildman–Crippen MR) is 68.8 cm³/mol. The average molecular weight is 247 g/mol. The second kappa shape index (κ2) is 5.53. The Balaban J connectivity index is 1.94. The summed E-state index contributed by atoms with van der Waals surface area (Å²) in [5.74, 6) is 0.0639. The average Bonchev–Trinajstić information content (AvgIpc) is 2.57. The fourth-order valence-corrected chi connectivity index (χ4v) is 1.94. The van der Waals surface area contributed by atoms with Crippen LogP contribution in [0.5, 0.6) is 0 Å². The van der Waals surface area contributed by atoms with Crippen LogP contribution in [-0.2, 0) is 16.0 Å². The van der Waals surface area contributed by atoms with Crippen molar-refractivity contribution in [3.8, 4) is 0 Å². The fourth-order valence-electron chi connectivity index (χ4n) is 1.94. The van der Waals surface area contributed by atoms with E-state index in [0.717, 1.165) is 5.56 Å². The van der Waals surface area contributed by atoms with Crippen molar-refractivity contribution < 1.29 is 9.59 Å². The number of hydrogen-bond donors (Lipinski definition) is 2. The lowest BCUT2D eigenvalue weighted by Crippen LogP contribution is -2.35. The molecule has 0 radical (unpaired) electrons. The normalized spacial score (nSPS) is 16.0. The van der Waals surface area contributed by atoms with Gasteiger partial charge in [-0.05, 0) is 17.7 Å².